The van der Waals surface area contributed by atoms with Gasteiger partial charge in [-0.3, -0.25) is 9.36 Å². The predicted octanol–water partition coefficient (Wildman–Crippen LogP) is 2.07. The predicted molar refractivity (Wildman–Crippen MR) is 85.8 cm³/mol. The van der Waals surface area contributed by atoms with Crippen LogP contribution in [-0.2, 0) is 0 Å². The lowest BCUT2D eigenvalue weighted by Gasteiger charge is -2.42. The van der Waals surface area contributed by atoms with E-state index in [4.69, 9.17) is 5.73 Å². The van der Waals surface area contributed by atoms with E-state index in [-0.39, 0.29) is 17.4 Å². The van der Waals surface area contributed by atoms with Gasteiger partial charge in [-0.25, -0.2) is 4.98 Å². The fourth-order valence-corrected chi connectivity index (χ4v) is 2.96. The second-order valence-electron chi connectivity index (χ2n) is 6.59. The Morgan fingerprint density at radius 3 is 2.73 bits per heavy atom. The van der Waals surface area contributed by atoms with E-state index in [1.165, 1.54) is 0 Å². The molecule has 2 N–H and O–H groups in total. The highest BCUT2D eigenvalue weighted by Gasteiger charge is 2.36. The van der Waals surface area contributed by atoms with Crippen LogP contribution in [0, 0.1) is 5.41 Å². The third kappa shape index (κ3) is 2.64. The fraction of sp³-hybridized carbons (Fsp3) is 0.412. The molecule has 22 heavy (non-hydrogen) atoms. The van der Waals surface area contributed by atoms with Gasteiger partial charge in [0, 0.05) is 24.8 Å². The van der Waals surface area contributed by atoms with E-state index in [0.29, 0.717) is 18.8 Å². The molecule has 1 aliphatic heterocycles. The van der Waals surface area contributed by atoms with Crippen LogP contribution in [0.1, 0.15) is 30.8 Å². The zero-order chi connectivity index (χ0) is 15.7. The van der Waals surface area contributed by atoms with E-state index < -0.39 is 0 Å². The number of aromatic nitrogens is 2. The Kier molecular flexibility index (Phi) is 3.74. The molecular formula is C17H22N4O. The molecule has 1 amide bonds. The molecule has 5 nitrogen and oxygen atoms in total. The summed E-state index contributed by atoms with van der Waals surface area (Å²) in [5.74, 6) is 0.0151. The number of likely N-dealkylation sites (tertiary alicyclic amines) is 1. The van der Waals surface area contributed by atoms with Gasteiger partial charge in [0.2, 0.25) is 0 Å². The molecule has 0 saturated carbocycles. The Morgan fingerprint density at radius 2 is 2.05 bits per heavy atom. The summed E-state index contributed by atoms with van der Waals surface area (Å²) >= 11 is 0. The van der Waals surface area contributed by atoms with Crippen LogP contribution in [0.5, 0.6) is 0 Å². The van der Waals surface area contributed by atoms with Gasteiger partial charge >= 0.3 is 0 Å². The van der Waals surface area contributed by atoms with Gasteiger partial charge in [-0.05, 0) is 24.0 Å². The van der Waals surface area contributed by atoms with Gasteiger partial charge < -0.3 is 10.6 Å². The quantitative estimate of drug-likeness (QED) is 0.923. The van der Waals surface area contributed by atoms with E-state index in [1.807, 2.05) is 39.8 Å². The maximum atomic E-state index is 12.9. The molecule has 0 radical (unpaired) electrons. The first-order valence-corrected chi connectivity index (χ1v) is 7.62. The minimum absolute atomic E-state index is 0.0151. The molecule has 1 aromatic heterocycles. The molecule has 0 bridgehead atoms. The molecule has 3 rings (SSSR count). The number of carbonyl (C=O) groups is 1. The summed E-state index contributed by atoms with van der Waals surface area (Å²) in [7, 11) is 0. The summed E-state index contributed by atoms with van der Waals surface area (Å²) in [5.41, 5.74) is 7.63. The molecule has 1 aliphatic rings. The monoisotopic (exact) mass is 298 g/mol. The second-order valence-corrected chi connectivity index (χ2v) is 6.59. The third-order valence-corrected chi connectivity index (χ3v) is 4.49. The molecule has 0 aliphatic carbocycles. The molecule has 1 saturated heterocycles. The van der Waals surface area contributed by atoms with Crippen molar-refractivity contribution in [2.45, 2.75) is 26.3 Å². The zero-order valence-electron chi connectivity index (χ0n) is 13.1. The van der Waals surface area contributed by atoms with Crippen LogP contribution in [0.25, 0.3) is 5.69 Å². The number of rotatable bonds is 2. The molecule has 5 heteroatoms. The van der Waals surface area contributed by atoms with Crippen molar-refractivity contribution in [3.05, 3.63) is 48.5 Å². The number of piperidine rings is 1. The molecule has 1 atom stereocenters. The van der Waals surface area contributed by atoms with Gasteiger partial charge in [0.05, 0.1) is 12.5 Å². The number of nitrogens with two attached hydrogens (primary N) is 1. The Balaban J connectivity index is 1.87. The first kappa shape index (κ1) is 14.8. The lowest BCUT2D eigenvalue weighted by Crippen LogP contribution is -2.54. The maximum absolute atomic E-state index is 12.9. The van der Waals surface area contributed by atoms with Crippen molar-refractivity contribution in [3.63, 3.8) is 0 Å². The van der Waals surface area contributed by atoms with E-state index in [2.05, 4.69) is 18.8 Å². The van der Waals surface area contributed by atoms with Gasteiger partial charge in [-0.15, -0.1) is 0 Å². The standard InChI is InChI=1S/C17H22N4O/c1-17(2)11-20(9-8-15(17)18)16(22)14-10-19-12-21(14)13-6-4-3-5-7-13/h3-7,10,12,15H,8-9,11,18H2,1-2H3. The molecule has 2 aromatic rings. The van der Waals surface area contributed by atoms with Crippen molar-refractivity contribution in [3.8, 4) is 5.69 Å². The SMILES string of the molecule is CC1(C)CN(C(=O)c2cncn2-c2ccccc2)CCC1N. The number of amides is 1. The lowest BCUT2D eigenvalue weighted by molar-refractivity contribution is 0.0525. The van der Waals surface area contributed by atoms with E-state index in [9.17, 15) is 4.79 Å². The van der Waals surface area contributed by atoms with Crippen molar-refractivity contribution < 1.29 is 4.79 Å². The number of benzene rings is 1. The minimum atomic E-state index is -0.0640. The van der Waals surface area contributed by atoms with Gasteiger partial charge in [-0.2, -0.15) is 0 Å². The van der Waals surface area contributed by atoms with Crippen LogP contribution in [0.4, 0.5) is 0 Å². The number of hydrogen-bond donors (Lipinski definition) is 1. The second kappa shape index (κ2) is 5.57. The Morgan fingerprint density at radius 1 is 1.32 bits per heavy atom. The Hall–Kier alpha value is -2.14. The summed E-state index contributed by atoms with van der Waals surface area (Å²) < 4.78 is 1.84. The number of imidazole rings is 1. The Labute approximate surface area is 130 Å². The van der Waals surface area contributed by atoms with Crippen LogP contribution in [0.15, 0.2) is 42.9 Å². The molecule has 0 spiro atoms. The fourth-order valence-electron chi connectivity index (χ4n) is 2.96. The molecule has 1 aromatic carbocycles. The molecule has 2 heterocycles. The van der Waals surface area contributed by atoms with E-state index >= 15 is 0 Å². The topological polar surface area (TPSA) is 64.2 Å². The molecule has 116 valence electrons. The number of nitrogens with zero attached hydrogens (tertiary/aromatic N) is 3. The zero-order valence-corrected chi connectivity index (χ0v) is 13.1. The summed E-state index contributed by atoms with van der Waals surface area (Å²) in [6.45, 7) is 5.60. The molecule has 1 fully saturated rings. The van der Waals surface area contributed by atoms with Gasteiger partial charge in [0.15, 0.2) is 0 Å². The average molecular weight is 298 g/mol. The number of hydrogen-bond acceptors (Lipinski definition) is 3. The normalized spacial score (nSPS) is 20.9. The third-order valence-electron chi connectivity index (χ3n) is 4.49. The van der Waals surface area contributed by atoms with Crippen molar-refractivity contribution in [2.75, 3.05) is 13.1 Å². The van der Waals surface area contributed by atoms with Crippen LogP contribution in [0.3, 0.4) is 0 Å². The summed E-state index contributed by atoms with van der Waals surface area (Å²) in [6.07, 6.45) is 4.15. The largest absolute Gasteiger partial charge is 0.337 e. The average Bonchev–Trinajstić information content (AvgIpc) is 2.99. The molecular weight excluding hydrogens is 276 g/mol. The van der Waals surface area contributed by atoms with Gasteiger partial charge in [-0.1, -0.05) is 32.0 Å². The highest BCUT2D eigenvalue weighted by atomic mass is 16.2. The number of carbonyl (C=O) groups excluding carboxylic acids is 1. The van der Waals surface area contributed by atoms with Crippen LogP contribution in [0.2, 0.25) is 0 Å². The van der Waals surface area contributed by atoms with E-state index in [1.54, 1.807) is 12.5 Å². The summed E-state index contributed by atoms with van der Waals surface area (Å²) in [6, 6.07) is 9.93. The van der Waals surface area contributed by atoms with Crippen LogP contribution in [-0.4, -0.2) is 39.5 Å². The first-order chi connectivity index (χ1) is 10.5. The van der Waals surface area contributed by atoms with Crippen molar-refractivity contribution in [2.24, 2.45) is 11.1 Å². The molecule has 1 unspecified atom stereocenters. The van der Waals surface area contributed by atoms with Gasteiger partial charge in [0.25, 0.3) is 5.91 Å². The minimum Gasteiger partial charge on any atom is -0.337 e. The maximum Gasteiger partial charge on any atom is 0.272 e. The van der Waals surface area contributed by atoms with E-state index in [0.717, 1.165) is 12.1 Å². The smallest absolute Gasteiger partial charge is 0.272 e. The highest BCUT2D eigenvalue weighted by Crippen LogP contribution is 2.28. The lowest BCUT2D eigenvalue weighted by atomic mass is 9.79. The van der Waals surface area contributed by atoms with Crippen molar-refractivity contribution in [1.29, 1.82) is 0 Å². The summed E-state index contributed by atoms with van der Waals surface area (Å²) in [4.78, 5) is 18.9. The van der Waals surface area contributed by atoms with Crippen molar-refractivity contribution in [1.82, 2.24) is 14.5 Å². The van der Waals surface area contributed by atoms with Crippen LogP contribution >= 0.6 is 0 Å². The highest BCUT2D eigenvalue weighted by molar-refractivity contribution is 5.93. The number of para-hydroxylation sites is 1. The summed E-state index contributed by atoms with van der Waals surface area (Å²) in [5, 5.41) is 0. The van der Waals surface area contributed by atoms with Gasteiger partial charge in [0.1, 0.15) is 5.69 Å². The Bertz CT molecular complexity index is 662. The van der Waals surface area contributed by atoms with Crippen LogP contribution < -0.4 is 5.73 Å². The first-order valence-electron chi connectivity index (χ1n) is 7.62. The van der Waals surface area contributed by atoms with Crippen molar-refractivity contribution >= 4 is 5.91 Å².